The van der Waals surface area contributed by atoms with Crippen LogP contribution in [0.5, 0.6) is 0 Å². The number of hydrogen-bond donors (Lipinski definition) is 1. The second-order valence-corrected chi connectivity index (χ2v) is 7.61. The van der Waals surface area contributed by atoms with Gasteiger partial charge in [0.15, 0.2) is 5.65 Å². The van der Waals surface area contributed by atoms with Crippen LogP contribution in [0.15, 0.2) is 29.1 Å². The summed E-state index contributed by atoms with van der Waals surface area (Å²) in [5.41, 5.74) is 2.90. The molecule has 3 aromatic rings. The lowest BCUT2D eigenvalue weighted by Gasteiger charge is -2.38. The molecule has 1 N–H and O–H groups in total. The van der Waals surface area contributed by atoms with Crippen LogP contribution >= 0.6 is 27.5 Å². The Morgan fingerprint density at radius 2 is 1.85 bits per heavy atom. The molecule has 0 bridgehead atoms. The Kier molecular flexibility index (Phi) is 4.62. The Morgan fingerprint density at radius 3 is 2.58 bits per heavy atom. The van der Waals surface area contributed by atoms with E-state index < -0.39 is 0 Å². The van der Waals surface area contributed by atoms with Crippen molar-refractivity contribution in [2.24, 2.45) is 0 Å². The highest BCUT2D eigenvalue weighted by Gasteiger charge is 2.24. The van der Waals surface area contributed by atoms with Gasteiger partial charge in [-0.3, -0.25) is 5.10 Å². The first kappa shape index (κ1) is 17.4. The molecule has 136 valence electrons. The topological polar surface area (TPSA) is 64.2 Å². The number of anilines is 3. The van der Waals surface area contributed by atoms with Gasteiger partial charge in [-0.2, -0.15) is 5.10 Å². The van der Waals surface area contributed by atoms with Crippen LogP contribution in [-0.2, 0) is 0 Å². The molecule has 0 unspecified atom stereocenters. The first-order chi connectivity index (χ1) is 12.6. The minimum absolute atomic E-state index is 0.675. The molecule has 1 aromatic carbocycles. The second kappa shape index (κ2) is 6.92. The monoisotopic (exact) mass is 435 g/mol. The molecule has 0 saturated carbocycles. The number of H-pyrrole nitrogens is 1. The van der Waals surface area contributed by atoms with Gasteiger partial charge < -0.3 is 14.7 Å². The van der Waals surface area contributed by atoms with Gasteiger partial charge in [-0.15, -0.1) is 0 Å². The van der Waals surface area contributed by atoms with Crippen LogP contribution in [0.1, 0.15) is 0 Å². The molecule has 0 amide bonds. The van der Waals surface area contributed by atoms with Gasteiger partial charge in [-0.05, 0) is 28.1 Å². The van der Waals surface area contributed by atoms with Crippen LogP contribution in [0.4, 0.5) is 17.2 Å². The highest BCUT2D eigenvalue weighted by molar-refractivity contribution is 9.10. The van der Waals surface area contributed by atoms with E-state index in [1.165, 1.54) is 5.69 Å². The van der Waals surface area contributed by atoms with E-state index in [1.54, 1.807) is 6.33 Å². The van der Waals surface area contributed by atoms with E-state index in [4.69, 9.17) is 11.6 Å². The van der Waals surface area contributed by atoms with Crippen molar-refractivity contribution in [3.05, 3.63) is 34.2 Å². The second-order valence-electron chi connectivity index (χ2n) is 6.41. The number of benzene rings is 1. The average Bonchev–Trinajstić information content (AvgIpc) is 3.03. The van der Waals surface area contributed by atoms with Gasteiger partial charge in [-0.25, -0.2) is 9.97 Å². The third kappa shape index (κ3) is 2.97. The van der Waals surface area contributed by atoms with Gasteiger partial charge in [-0.1, -0.05) is 17.7 Å². The maximum atomic E-state index is 6.43. The smallest absolute Gasteiger partial charge is 0.187 e. The first-order valence-corrected chi connectivity index (χ1v) is 9.53. The van der Waals surface area contributed by atoms with Crippen molar-refractivity contribution in [3.8, 4) is 0 Å². The van der Waals surface area contributed by atoms with Crippen molar-refractivity contribution in [1.29, 1.82) is 0 Å². The van der Waals surface area contributed by atoms with E-state index in [9.17, 15) is 0 Å². The summed E-state index contributed by atoms with van der Waals surface area (Å²) in [5, 5.41) is 8.82. The predicted molar refractivity (Wildman–Crippen MR) is 110 cm³/mol. The van der Waals surface area contributed by atoms with Gasteiger partial charge >= 0.3 is 0 Å². The van der Waals surface area contributed by atoms with E-state index in [0.717, 1.165) is 52.7 Å². The maximum Gasteiger partial charge on any atom is 0.187 e. The molecule has 0 aliphatic carbocycles. The molecule has 9 heteroatoms. The molecular formula is C17H19BrClN7. The van der Waals surface area contributed by atoms with Gasteiger partial charge in [0.2, 0.25) is 0 Å². The molecule has 4 rings (SSSR count). The summed E-state index contributed by atoms with van der Waals surface area (Å²) in [6, 6.07) is 6.07. The van der Waals surface area contributed by atoms with Gasteiger partial charge in [0.1, 0.15) is 16.7 Å². The number of aromatic amines is 1. The molecule has 2 aromatic heterocycles. The van der Waals surface area contributed by atoms with Gasteiger partial charge in [0.05, 0.1) is 21.8 Å². The Balaban J connectivity index is 1.59. The number of nitrogens with zero attached hydrogens (tertiary/aromatic N) is 6. The molecule has 1 aliphatic rings. The molecule has 26 heavy (non-hydrogen) atoms. The number of piperazine rings is 1. The lowest BCUT2D eigenvalue weighted by Crippen LogP contribution is -2.47. The van der Waals surface area contributed by atoms with E-state index in [0.29, 0.717) is 5.65 Å². The SMILES string of the molecule is CN(C)c1c(Cl)cccc1N1CCN(c2ncnc3n[nH]c(Br)c23)CC1. The molecule has 1 aliphatic heterocycles. The lowest BCUT2D eigenvalue weighted by molar-refractivity contribution is 0.648. The van der Waals surface area contributed by atoms with Crippen LogP contribution in [-0.4, -0.2) is 60.4 Å². The zero-order valence-electron chi connectivity index (χ0n) is 14.6. The largest absolute Gasteiger partial charge is 0.375 e. The Bertz CT molecular complexity index is 934. The van der Waals surface area contributed by atoms with E-state index >= 15 is 0 Å². The fraction of sp³-hybridized carbons (Fsp3) is 0.353. The molecule has 7 nitrogen and oxygen atoms in total. The standard InChI is InChI=1S/C17H19BrClN7/c1-24(2)14-11(19)4-3-5-12(14)25-6-8-26(9-7-25)17-13-15(18)22-23-16(13)20-10-21-17/h3-5,10H,6-9H2,1-2H3,(H,20,21,22,23). The molecule has 1 saturated heterocycles. The molecule has 1 fully saturated rings. The number of rotatable bonds is 3. The number of para-hydroxylation sites is 1. The van der Waals surface area contributed by atoms with E-state index in [1.807, 2.05) is 26.2 Å². The molecular weight excluding hydrogens is 418 g/mol. The zero-order valence-corrected chi connectivity index (χ0v) is 16.9. The summed E-state index contributed by atoms with van der Waals surface area (Å²) >= 11 is 9.94. The third-order valence-electron chi connectivity index (χ3n) is 4.62. The Hall–Kier alpha value is -2.06. The molecule has 0 atom stereocenters. The third-order valence-corrected chi connectivity index (χ3v) is 5.50. The normalized spacial score (nSPS) is 14.9. The highest BCUT2D eigenvalue weighted by atomic mass is 79.9. The number of nitrogens with one attached hydrogen (secondary N) is 1. The molecule has 3 heterocycles. The predicted octanol–water partition coefficient (Wildman–Crippen LogP) is 3.16. The molecule has 0 radical (unpaired) electrons. The van der Waals surface area contributed by atoms with Gasteiger partial charge in [0.25, 0.3) is 0 Å². The number of halogens is 2. The minimum atomic E-state index is 0.675. The van der Waals surface area contributed by atoms with Crippen molar-refractivity contribution < 1.29 is 0 Å². The van der Waals surface area contributed by atoms with Crippen LogP contribution in [0, 0.1) is 0 Å². The van der Waals surface area contributed by atoms with E-state index in [2.05, 4.69) is 56.9 Å². The number of aromatic nitrogens is 4. The molecule has 0 spiro atoms. The fourth-order valence-corrected chi connectivity index (χ4v) is 4.19. The fourth-order valence-electron chi connectivity index (χ4n) is 3.41. The van der Waals surface area contributed by atoms with E-state index in [-0.39, 0.29) is 0 Å². The summed E-state index contributed by atoms with van der Waals surface area (Å²) in [4.78, 5) is 15.4. The summed E-state index contributed by atoms with van der Waals surface area (Å²) in [5.74, 6) is 0.911. The van der Waals surface area contributed by atoms with Crippen molar-refractivity contribution in [3.63, 3.8) is 0 Å². The summed E-state index contributed by atoms with van der Waals surface area (Å²) in [6.07, 6.45) is 1.57. The quantitative estimate of drug-likeness (QED) is 0.680. The van der Waals surface area contributed by atoms with Crippen molar-refractivity contribution in [2.45, 2.75) is 0 Å². The van der Waals surface area contributed by atoms with Crippen LogP contribution < -0.4 is 14.7 Å². The van der Waals surface area contributed by atoms with Crippen molar-refractivity contribution >= 4 is 55.8 Å². The zero-order chi connectivity index (χ0) is 18.3. The minimum Gasteiger partial charge on any atom is -0.375 e. The number of hydrogen-bond acceptors (Lipinski definition) is 6. The van der Waals surface area contributed by atoms with Gasteiger partial charge in [0, 0.05) is 40.3 Å². The summed E-state index contributed by atoms with van der Waals surface area (Å²) in [6.45, 7) is 3.51. The number of fused-ring (bicyclic) bond motifs is 1. The highest BCUT2D eigenvalue weighted by Crippen LogP contribution is 2.36. The maximum absolute atomic E-state index is 6.43. The van der Waals surface area contributed by atoms with Crippen LogP contribution in [0.2, 0.25) is 5.02 Å². The lowest BCUT2D eigenvalue weighted by atomic mass is 10.2. The summed E-state index contributed by atoms with van der Waals surface area (Å²) in [7, 11) is 4.05. The van der Waals surface area contributed by atoms with Crippen molar-refractivity contribution in [2.75, 3.05) is 55.0 Å². The van der Waals surface area contributed by atoms with Crippen LogP contribution in [0.3, 0.4) is 0 Å². The van der Waals surface area contributed by atoms with Crippen molar-refractivity contribution in [1.82, 2.24) is 20.2 Å². The van der Waals surface area contributed by atoms with Crippen LogP contribution in [0.25, 0.3) is 11.0 Å². The summed E-state index contributed by atoms with van der Waals surface area (Å²) < 4.78 is 0.815. The Labute approximate surface area is 165 Å². The average molecular weight is 437 g/mol. The Morgan fingerprint density at radius 1 is 1.12 bits per heavy atom. The first-order valence-electron chi connectivity index (χ1n) is 8.36.